The number of aliphatic hydroxyl groups is 1. The third kappa shape index (κ3) is 3.27. The van der Waals surface area contributed by atoms with Crippen LogP contribution >= 0.6 is 0 Å². The number of rotatable bonds is 3. The Bertz CT molecular complexity index is 503. The van der Waals surface area contributed by atoms with E-state index < -0.39 is 0 Å². The quantitative estimate of drug-likeness (QED) is 0.787. The predicted octanol–water partition coefficient (Wildman–Crippen LogP) is 1.37. The van der Waals surface area contributed by atoms with Crippen molar-refractivity contribution in [2.24, 2.45) is 5.92 Å². The van der Waals surface area contributed by atoms with Crippen LogP contribution in [0.4, 0.5) is 0 Å². The Morgan fingerprint density at radius 2 is 2.00 bits per heavy atom. The van der Waals surface area contributed by atoms with E-state index in [2.05, 4.69) is 22.8 Å². The summed E-state index contributed by atoms with van der Waals surface area (Å²) < 4.78 is 0. The van der Waals surface area contributed by atoms with E-state index in [1.54, 1.807) is 0 Å². The molecule has 1 heterocycles. The normalized spacial score (nSPS) is 28.7. The minimum absolute atomic E-state index is 0.0786. The van der Waals surface area contributed by atoms with Crippen LogP contribution in [-0.4, -0.2) is 29.7 Å². The molecular formula is C17H24N2O2. The van der Waals surface area contributed by atoms with Gasteiger partial charge in [-0.2, -0.15) is 0 Å². The van der Waals surface area contributed by atoms with Gasteiger partial charge in [0, 0.05) is 25.1 Å². The second kappa shape index (κ2) is 6.58. The summed E-state index contributed by atoms with van der Waals surface area (Å²) in [6, 6.07) is 8.26. The molecule has 0 bridgehead atoms. The van der Waals surface area contributed by atoms with Gasteiger partial charge in [-0.3, -0.25) is 4.79 Å². The van der Waals surface area contributed by atoms with Crippen LogP contribution in [0.15, 0.2) is 24.3 Å². The molecule has 3 rings (SSSR count). The molecule has 114 valence electrons. The van der Waals surface area contributed by atoms with Gasteiger partial charge in [-0.05, 0) is 30.4 Å². The zero-order valence-corrected chi connectivity index (χ0v) is 12.3. The fourth-order valence-corrected chi connectivity index (χ4v) is 3.54. The van der Waals surface area contributed by atoms with Crippen molar-refractivity contribution in [2.75, 3.05) is 6.61 Å². The van der Waals surface area contributed by atoms with Crippen molar-refractivity contribution in [3.05, 3.63) is 35.4 Å². The van der Waals surface area contributed by atoms with E-state index >= 15 is 0 Å². The molecule has 1 aliphatic carbocycles. The van der Waals surface area contributed by atoms with E-state index in [9.17, 15) is 9.90 Å². The van der Waals surface area contributed by atoms with Gasteiger partial charge in [-0.1, -0.05) is 37.1 Å². The van der Waals surface area contributed by atoms with E-state index in [0.29, 0.717) is 0 Å². The second-order valence-electron chi connectivity index (χ2n) is 6.25. The third-order valence-corrected chi connectivity index (χ3v) is 4.87. The fraction of sp³-hybridized carbons (Fsp3) is 0.588. The largest absolute Gasteiger partial charge is 0.396 e. The molecule has 3 unspecified atom stereocenters. The minimum Gasteiger partial charge on any atom is -0.396 e. The number of hydrogen-bond acceptors (Lipinski definition) is 3. The van der Waals surface area contributed by atoms with E-state index in [0.717, 1.165) is 38.6 Å². The molecule has 1 aromatic rings. The first kappa shape index (κ1) is 14.5. The second-order valence-corrected chi connectivity index (χ2v) is 6.25. The van der Waals surface area contributed by atoms with Gasteiger partial charge in [-0.25, -0.2) is 0 Å². The standard InChI is InChI=1S/C17H24N2O2/c20-11-14-7-3-4-8-15(14)19-17(21)16-9-12-5-1-2-6-13(12)10-18-16/h1-2,5-6,14-16,18,20H,3-4,7-11H2,(H,19,21). The molecule has 21 heavy (non-hydrogen) atoms. The van der Waals surface area contributed by atoms with Crippen LogP contribution in [0.25, 0.3) is 0 Å². The maximum Gasteiger partial charge on any atom is 0.237 e. The zero-order chi connectivity index (χ0) is 14.7. The van der Waals surface area contributed by atoms with E-state index in [1.807, 2.05) is 12.1 Å². The number of carbonyl (C=O) groups is 1. The van der Waals surface area contributed by atoms with Gasteiger partial charge in [0.15, 0.2) is 0 Å². The van der Waals surface area contributed by atoms with Gasteiger partial charge >= 0.3 is 0 Å². The average molecular weight is 288 g/mol. The molecule has 4 nitrogen and oxygen atoms in total. The van der Waals surface area contributed by atoms with E-state index in [4.69, 9.17) is 0 Å². The van der Waals surface area contributed by atoms with Crippen LogP contribution in [0.1, 0.15) is 36.8 Å². The number of amides is 1. The molecule has 0 saturated heterocycles. The summed E-state index contributed by atoms with van der Waals surface area (Å²) >= 11 is 0. The van der Waals surface area contributed by atoms with Crippen molar-refractivity contribution in [1.29, 1.82) is 0 Å². The van der Waals surface area contributed by atoms with Crippen LogP contribution in [0.5, 0.6) is 0 Å². The third-order valence-electron chi connectivity index (χ3n) is 4.87. The maximum atomic E-state index is 12.5. The molecule has 1 fully saturated rings. The first-order valence-corrected chi connectivity index (χ1v) is 7.99. The molecule has 1 saturated carbocycles. The molecule has 1 aliphatic heterocycles. The van der Waals surface area contributed by atoms with Gasteiger partial charge in [0.2, 0.25) is 5.91 Å². The zero-order valence-electron chi connectivity index (χ0n) is 12.3. The highest BCUT2D eigenvalue weighted by molar-refractivity contribution is 5.82. The first-order valence-electron chi connectivity index (χ1n) is 7.99. The molecule has 0 aromatic heterocycles. The molecule has 0 spiro atoms. The Balaban J connectivity index is 1.61. The monoisotopic (exact) mass is 288 g/mol. The SMILES string of the molecule is O=C(NC1CCCCC1CO)C1Cc2ccccc2CN1. The lowest BCUT2D eigenvalue weighted by atomic mass is 9.84. The molecule has 4 heteroatoms. The highest BCUT2D eigenvalue weighted by Gasteiger charge is 2.30. The van der Waals surface area contributed by atoms with Crippen molar-refractivity contribution in [3.63, 3.8) is 0 Å². The van der Waals surface area contributed by atoms with Crippen LogP contribution in [0, 0.1) is 5.92 Å². The first-order chi connectivity index (χ1) is 10.3. The molecule has 3 atom stereocenters. The summed E-state index contributed by atoms with van der Waals surface area (Å²) in [7, 11) is 0. The molecule has 3 N–H and O–H groups in total. The lowest BCUT2D eigenvalue weighted by molar-refractivity contribution is -0.124. The van der Waals surface area contributed by atoms with Crippen molar-refractivity contribution in [2.45, 2.75) is 50.7 Å². The lowest BCUT2D eigenvalue weighted by Gasteiger charge is -2.33. The lowest BCUT2D eigenvalue weighted by Crippen LogP contribution is -2.53. The molecule has 0 radical (unpaired) electrons. The average Bonchev–Trinajstić information content (AvgIpc) is 2.55. The summed E-state index contributed by atoms with van der Waals surface area (Å²) in [5, 5.41) is 15.9. The summed E-state index contributed by atoms with van der Waals surface area (Å²) in [5.74, 6) is 0.299. The molecule has 2 aliphatic rings. The van der Waals surface area contributed by atoms with Crippen LogP contribution < -0.4 is 10.6 Å². The van der Waals surface area contributed by atoms with Gasteiger partial charge < -0.3 is 15.7 Å². The maximum absolute atomic E-state index is 12.5. The topological polar surface area (TPSA) is 61.4 Å². The summed E-state index contributed by atoms with van der Waals surface area (Å²) in [5.41, 5.74) is 2.55. The van der Waals surface area contributed by atoms with E-state index in [1.165, 1.54) is 11.1 Å². The number of carbonyl (C=O) groups excluding carboxylic acids is 1. The van der Waals surface area contributed by atoms with Crippen LogP contribution in [-0.2, 0) is 17.8 Å². The highest BCUT2D eigenvalue weighted by Crippen LogP contribution is 2.24. The number of benzene rings is 1. The predicted molar refractivity (Wildman–Crippen MR) is 81.7 cm³/mol. The Hall–Kier alpha value is -1.39. The Morgan fingerprint density at radius 1 is 1.24 bits per heavy atom. The molecular weight excluding hydrogens is 264 g/mol. The Labute approximate surface area is 125 Å². The summed E-state index contributed by atoms with van der Waals surface area (Å²) in [6.07, 6.45) is 5.05. The van der Waals surface area contributed by atoms with Crippen molar-refractivity contribution < 1.29 is 9.90 Å². The highest BCUT2D eigenvalue weighted by atomic mass is 16.3. The Morgan fingerprint density at radius 3 is 2.81 bits per heavy atom. The van der Waals surface area contributed by atoms with Crippen molar-refractivity contribution in [3.8, 4) is 0 Å². The number of fused-ring (bicyclic) bond motifs is 1. The van der Waals surface area contributed by atoms with Gasteiger partial charge in [0.1, 0.15) is 0 Å². The smallest absolute Gasteiger partial charge is 0.237 e. The van der Waals surface area contributed by atoms with Gasteiger partial charge in [-0.15, -0.1) is 0 Å². The van der Waals surface area contributed by atoms with Crippen molar-refractivity contribution >= 4 is 5.91 Å². The van der Waals surface area contributed by atoms with Gasteiger partial charge in [0.25, 0.3) is 0 Å². The van der Waals surface area contributed by atoms with Crippen molar-refractivity contribution in [1.82, 2.24) is 10.6 Å². The van der Waals surface area contributed by atoms with Crippen LogP contribution in [0.2, 0.25) is 0 Å². The molecule has 1 aromatic carbocycles. The van der Waals surface area contributed by atoms with Crippen LogP contribution in [0.3, 0.4) is 0 Å². The summed E-state index contributed by atoms with van der Waals surface area (Å²) in [4.78, 5) is 12.5. The van der Waals surface area contributed by atoms with Gasteiger partial charge in [0.05, 0.1) is 6.04 Å². The fourth-order valence-electron chi connectivity index (χ4n) is 3.54. The molecule has 1 amide bonds. The number of nitrogens with one attached hydrogen (secondary N) is 2. The minimum atomic E-state index is -0.152. The number of hydrogen-bond donors (Lipinski definition) is 3. The number of aliphatic hydroxyl groups excluding tert-OH is 1. The van der Waals surface area contributed by atoms with E-state index in [-0.39, 0.29) is 30.5 Å². The summed E-state index contributed by atoms with van der Waals surface area (Å²) in [6.45, 7) is 0.925. The Kier molecular flexibility index (Phi) is 4.56.